The van der Waals surface area contributed by atoms with Crippen LogP contribution in [0.4, 0.5) is 10.1 Å². The molecule has 0 unspecified atom stereocenters. The van der Waals surface area contributed by atoms with Crippen molar-refractivity contribution in [1.82, 2.24) is 9.88 Å². The summed E-state index contributed by atoms with van der Waals surface area (Å²) in [6.07, 6.45) is 7.07. The van der Waals surface area contributed by atoms with E-state index in [0.29, 0.717) is 11.3 Å². The zero-order valence-electron chi connectivity index (χ0n) is 22.1. The molecule has 4 nitrogen and oxygen atoms in total. The van der Waals surface area contributed by atoms with Crippen LogP contribution in [-0.2, 0) is 11.2 Å². The number of hydrogen-bond donors (Lipinski definition) is 0. The SMILES string of the molecule is CC(C)c1ccccc1-c1cc(F)ccc1Cc1cnccc1N1CC2(CN(CC3CCOCC3)C2)C1. The van der Waals surface area contributed by atoms with Crippen molar-refractivity contribution in [1.29, 1.82) is 0 Å². The molecule has 3 fully saturated rings. The standard InChI is InChI=1S/C32H38FN3O/c1-23(2)28-5-3-4-6-29(28)30-16-27(33)8-7-25(30)15-26-17-34-12-9-31(26)36-21-32(22-36)19-35(20-32)18-24-10-13-37-14-11-24/h3-9,12,16-17,23-24H,10-11,13-15,18-22H2,1-2H3. The first-order valence-electron chi connectivity index (χ1n) is 13.9. The summed E-state index contributed by atoms with van der Waals surface area (Å²) in [5.74, 6) is 0.982. The summed E-state index contributed by atoms with van der Waals surface area (Å²) in [7, 11) is 0. The number of nitrogens with zero attached hydrogens (tertiary/aromatic N) is 3. The summed E-state index contributed by atoms with van der Waals surface area (Å²) in [6, 6.07) is 15.8. The van der Waals surface area contributed by atoms with Gasteiger partial charge in [-0.3, -0.25) is 4.98 Å². The van der Waals surface area contributed by atoms with Gasteiger partial charge in [-0.05, 0) is 70.7 Å². The third-order valence-corrected chi connectivity index (χ3v) is 8.57. The second kappa shape index (κ2) is 10.2. The number of likely N-dealkylation sites (tertiary alicyclic amines) is 1. The van der Waals surface area contributed by atoms with Gasteiger partial charge in [0.15, 0.2) is 0 Å². The van der Waals surface area contributed by atoms with Gasteiger partial charge in [0.25, 0.3) is 0 Å². The molecule has 5 heteroatoms. The molecule has 0 atom stereocenters. The minimum Gasteiger partial charge on any atom is -0.381 e. The van der Waals surface area contributed by atoms with E-state index in [9.17, 15) is 4.39 Å². The van der Waals surface area contributed by atoms with Crippen molar-refractivity contribution in [2.75, 3.05) is 50.8 Å². The Balaban J connectivity index is 1.17. The molecule has 0 aliphatic carbocycles. The van der Waals surface area contributed by atoms with Gasteiger partial charge < -0.3 is 14.5 Å². The van der Waals surface area contributed by atoms with Crippen LogP contribution in [0.2, 0.25) is 0 Å². The lowest BCUT2D eigenvalue weighted by molar-refractivity contribution is -0.0427. The van der Waals surface area contributed by atoms with Crippen LogP contribution in [-0.4, -0.2) is 55.8 Å². The van der Waals surface area contributed by atoms with Crippen molar-refractivity contribution >= 4 is 5.69 Å². The molecule has 3 aliphatic rings. The highest BCUT2D eigenvalue weighted by molar-refractivity contribution is 5.72. The molecule has 1 spiro atoms. The predicted octanol–water partition coefficient (Wildman–Crippen LogP) is 6.15. The highest BCUT2D eigenvalue weighted by Crippen LogP contribution is 2.44. The average Bonchev–Trinajstić information content (AvgIpc) is 2.87. The largest absolute Gasteiger partial charge is 0.381 e. The molecular formula is C32H38FN3O. The molecule has 1 aromatic heterocycles. The zero-order chi connectivity index (χ0) is 25.4. The van der Waals surface area contributed by atoms with Crippen LogP contribution in [0.1, 0.15) is 49.3 Å². The number of pyridine rings is 1. The highest BCUT2D eigenvalue weighted by atomic mass is 19.1. The molecule has 194 valence electrons. The number of anilines is 1. The van der Waals surface area contributed by atoms with E-state index in [1.807, 2.05) is 18.5 Å². The Morgan fingerprint density at radius 2 is 1.76 bits per heavy atom. The van der Waals surface area contributed by atoms with E-state index in [-0.39, 0.29) is 5.82 Å². The maximum absolute atomic E-state index is 14.5. The molecule has 0 saturated carbocycles. The van der Waals surface area contributed by atoms with Gasteiger partial charge in [-0.15, -0.1) is 0 Å². The Kier molecular flexibility index (Phi) is 6.76. The Morgan fingerprint density at radius 1 is 0.973 bits per heavy atom. The molecule has 37 heavy (non-hydrogen) atoms. The monoisotopic (exact) mass is 499 g/mol. The van der Waals surface area contributed by atoms with Crippen molar-refractivity contribution in [3.05, 3.63) is 83.4 Å². The first-order chi connectivity index (χ1) is 18.0. The lowest BCUT2D eigenvalue weighted by atomic mass is 9.72. The maximum atomic E-state index is 14.5. The Bertz CT molecular complexity index is 1240. The summed E-state index contributed by atoms with van der Waals surface area (Å²) >= 11 is 0. The van der Waals surface area contributed by atoms with Gasteiger partial charge in [0.05, 0.1) is 0 Å². The Morgan fingerprint density at radius 3 is 2.54 bits per heavy atom. The van der Waals surface area contributed by atoms with Gasteiger partial charge >= 0.3 is 0 Å². The quantitative estimate of drug-likeness (QED) is 0.390. The number of halogens is 1. The molecule has 0 N–H and O–H groups in total. The predicted molar refractivity (Wildman–Crippen MR) is 148 cm³/mol. The molecule has 3 saturated heterocycles. The van der Waals surface area contributed by atoms with E-state index in [0.717, 1.165) is 55.3 Å². The first kappa shape index (κ1) is 24.6. The summed E-state index contributed by atoms with van der Waals surface area (Å²) < 4.78 is 20.0. The second-order valence-electron chi connectivity index (χ2n) is 11.8. The fraction of sp³-hybridized carbons (Fsp3) is 0.469. The Hall–Kier alpha value is -2.76. The molecule has 3 aliphatic heterocycles. The summed E-state index contributed by atoms with van der Waals surface area (Å²) in [5, 5.41) is 0. The molecule has 0 amide bonds. The minimum atomic E-state index is -0.191. The van der Waals surface area contributed by atoms with Crippen LogP contribution in [0.25, 0.3) is 11.1 Å². The smallest absolute Gasteiger partial charge is 0.123 e. The molecule has 4 heterocycles. The lowest BCUT2D eigenvalue weighted by Gasteiger charge is -2.62. The van der Waals surface area contributed by atoms with Gasteiger partial charge in [0.1, 0.15) is 5.82 Å². The number of ether oxygens (including phenoxy) is 1. The number of benzene rings is 2. The second-order valence-corrected chi connectivity index (χ2v) is 11.8. The normalized spacial score (nSPS) is 19.7. The fourth-order valence-electron chi connectivity index (χ4n) is 6.73. The van der Waals surface area contributed by atoms with Gasteiger partial charge in [-0.1, -0.05) is 44.2 Å². The third kappa shape index (κ3) is 5.04. The number of hydrogen-bond acceptors (Lipinski definition) is 4. The van der Waals surface area contributed by atoms with Crippen LogP contribution in [0.15, 0.2) is 60.9 Å². The van der Waals surface area contributed by atoms with Crippen LogP contribution in [0.5, 0.6) is 0 Å². The third-order valence-electron chi connectivity index (χ3n) is 8.57. The highest BCUT2D eigenvalue weighted by Gasteiger charge is 2.52. The van der Waals surface area contributed by atoms with Crippen molar-refractivity contribution < 1.29 is 9.13 Å². The molecule has 0 bridgehead atoms. The molecular weight excluding hydrogens is 461 g/mol. The van der Waals surface area contributed by atoms with Crippen molar-refractivity contribution in [3.63, 3.8) is 0 Å². The summed E-state index contributed by atoms with van der Waals surface area (Å²) in [6.45, 7) is 12.1. The molecule has 0 radical (unpaired) electrons. The van der Waals surface area contributed by atoms with E-state index < -0.39 is 0 Å². The van der Waals surface area contributed by atoms with Gasteiger partial charge in [0.2, 0.25) is 0 Å². The van der Waals surface area contributed by atoms with Gasteiger partial charge in [-0.2, -0.15) is 0 Å². The average molecular weight is 500 g/mol. The van der Waals surface area contributed by atoms with Gasteiger partial charge in [-0.25, -0.2) is 4.39 Å². The Labute approximate surface area is 220 Å². The summed E-state index contributed by atoms with van der Waals surface area (Å²) in [4.78, 5) is 9.65. The number of rotatable bonds is 7. The topological polar surface area (TPSA) is 28.6 Å². The van der Waals surface area contributed by atoms with Crippen LogP contribution in [0, 0.1) is 17.2 Å². The zero-order valence-corrected chi connectivity index (χ0v) is 22.1. The fourth-order valence-corrected chi connectivity index (χ4v) is 6.73. The molecule has 6 rings (SSSR count). The summed E-state index contributed by atoms with van der Waals surface area (Å²) in [5.41, 5.74) is 7.44. The maximum Gasteiger partial charge on any atom is 0.123 e. The van der Waals surface area contributed by atoms with Crippen LogP contribution in [0.3, 0.4) is 0 Å². The van der Waals surface area contributed by atoms with Crippen molar-refractivity contribution in [3.8, 4) is 11.1 Å². The van der Waals surface area contributed by atoms with E-state index in [4.69, 9.17) is 4.74 Å². The van der Waals surface area contributed by atoms with E-state index >= 15 is 0 Å². The molecule has 2 aromatic carbocycles. The van der Waals surface area contributed by atoms with E-state index in [1.165, 1.54) is 49.3 Å². The van der Waals surface area contributed by atoms with Crippen LogP contribution >= 0.6 is 0 Å². The molecule has 3 aromatic rings. The first-order valence-corrected chi connectivity index (χ1v) is 13.9. The van der Waals surface area contributed by atoms with Crippen molar-refractivity contribution in [2.24, 2.45) is 11.3 Å². The number of aromatic nitrogens is 1. The van der Waals surface area contributed by atoms with E-state index in [2.05, 4.69) is 59.0 Å². The minimum absolute atomic E-state index is 0.191. The van der Waals surface area contributed by atoms with Gasteiger partial charge in [0, 0.05) is 75.9 Å². The van der Waals surface area contributed by atoms with Crippen molar-refractivity contribution in [2.45, 2.75) is 39.0 Å². The van der Waals surface area contributed by atoms with E-state index in [1.54, 1.807) is 12.1 Å². The van der Waals surface area contributed by atoms with Crippen LogP contribution < -0.4 is 4.90 Å². The lowest BCUT2D eigenvalue weighted by Crippen LogP contribution is -2.72.